The number of aromatic nitrogens is 1. The summed E-state index contributed by atoms with van der Waals surface area (Å²) in [5.41, 5.74) is 2.66. The van der Waals surface area contributed by atoms with E-state index in [0.717, 1.165) is 36.2 Å². The molecule has 0 saturated heterocycles. The van der Waals surface area contributed by atoms with E-state index in [1.807, 2.05) is 19.9 Å². The summed E-state index contributed by atoms with van der Waals surface area (Å²) in [4.78, 5) is 18.5. The van der Waals surface area contributed by atoms with Crippen LogP contribution >= 0.6 is 12.2 Å². The van der Waals surface area contributed by atoms with Crippen LogP contribution in [0.1, 0.15) is 43.1 Å². The highest BCUT2D eigenvalue weighted by molar-refractivity contribution is 7.80. The van der Waals surface area contributed by atoms with E-state index in [4.69, 9.17) is 12.2 Å². The Labute approximate surface area is 181 Å². The van der Waals surface area contributed by atoms with Crippen molar-refractivity contribution in [1.29, 1.82) is 0 Å². The number of carbonyl (C=O) groups excluding carboxylic acids is 1. The topological polar surface area (TPSA) is 57.3 Å². The number of amides is 1. The van der Waals surface area contributed by atoms with Crippen LogP contribution in [-0.2, 0) is 0 Å². The van der Waals surface area contributed by atoms with Gasteiger partial charge in [-0.05, 0) is 61.0 Å². The van der Waals surface area contributed by atoms with E-state index in [1.165, 1.54) is 11.6 Å². The number of pyridine rings is 1. The Morgan fingerprint density at radius 2 is 1.83 bits per heavy atom. The number of hydrogen-bond acceptors (Lipinski definition) is 3. The van der Waals surface area contributed by atoms with Gasteiger partial charge >= 0.3 is 0 Å². The predicted molar refractivity (Wildman–Crippen MR) is 120 cm³/mol. The molecule has 3 rings (SSSR count). The molecule has 0 unspecified atom stereocenters. The lowest BCUT2D eigenvalue weighted by Crippen LogP contribution is -2.41. The molecule has 1 aromatic heterocycles. The highest BCUT2D eigenvalue weighted by Crippen LogP contribution is 2.26. The van der Waals surface area contributed by atoms with Crippen molar-refractivity contribution in [2.45, 2.75) is 27.2 Å². The smallest absolute Gasteiger partial charge is 0.262 e. The van der Waals surface area contributed by atoms with Crippen LogP contribution in [-0.4, -0.2) is 41.0 Å². The number of benzene rings is 1. The molecule has 1 aromatic carbocycles. The molecule has 0 atom stereocenters. The van der Waals surface area contributed by atoms with E-state index >= 15 is 0 Å². The molecule has 2 heterocycles. The monoisotopic (exact) mass is 432 g/mol. The molecular formula is C22H26F2N4OS. The molecule has 0 radical (unpaired) electrons. The lowest BCUT2D eigenvalue weighted by molar-refractivity contribution is 0.101. The number of anilines is 1. The van der Waals surface area contributed by atoms with Crippen LogP contribution in [0.25, 0.3) is 5.57 Å². The Hall–Kier alpha value is -2.87. The number of nitrogens with one attached hydrogen (secondary N) is 2. The van der Waals surface area contributed by atoms with Crippen molar-refractivity contribution in [1.82, 2.24) is 15.2 Å². The van der Waals surface area contributed by atoms with Crippen LogP contribution in [0.3, 0.4) is 0 Å². The molecule has 0 aliphatic carbocycles. The average molecular weight is 433 g/mol. The van der Waals surface area contributed by atoms with Gasteiger partial charge in [-0.1, -0.05) is 25.5 Å². The van der Waals surface area contributed by atoms with Gasteiger partial charge in [-0.2, -0.15) is 0 Å². The molecule has 5 nitrogen and oxygen atoms in total. The standard InChI is InChI=1S/C20H20F2N4OS.C2H6/c1-12-8-9-26(20(28)23-2)11-14(12)13-6-7-17(24-10-13)25-19(27)18-15(21)4-3-5-16(18)22;1-2/h3-7,10H,8-9,11H2,1-2H3,(H,23,28)(H,24,25,27);1-2H3. The number of hydrogen-bond donors (Lipinski definition) is 2. The second-order valence-electron chi connectivity index (χ2n) is 6.47. The van der Waals surface area contributed by atoms with Gasteiger partial charge in [0, 0.05) is 26.3 Å². The molecule has 8 heteroatoms. The van der Waals surface area contributed by atoms with E-state index in [-0.39, 0.29) is 5.82 Å². The predicted octanol–water partition coefficient (Wildman–Crippen LogP) is 4.62. The van der Waals surface area contributed by atoms with E-state index in [9.17, 15) is 13.6 Å². The van der Waals surface area contributed by atoms with Gasteiger partial charge in [0.1, 0.15) is 23.0 Å². The van der Waals surface area contributed by atoms with E-state index in [0.29, 0.717) is 11.7 Å². The Bertz CT molecular complexity index is 924. The van der Waals surface area contributed by atoms with Crippen LogP contribution < -0.4 is 10.6 Å². The first kappa shape index (κ1) is 23.4. The van der Waals surface area contributed by atoms with Gasteiger partial charge in [0.2, 0.25) is 0 Å². The van der Waals surface area contributed by atoms with Crippen LogP contribution in [0.4, 0.5) is 14.6 Å². The molecule has 0 spiro atoms. The first-order valence-corrected chi connectivity index (χ1v) is 10.2. The van der Waals surface area contributed by atoms with Gasteiger partial charge in [-0.3, -0.25) is 4.79 Å². The fourth-order valence-corrected chi connectivity index (χ4v) is 3.22. The minimum absolute atomic E-state index is 0.216. The minimum atomic E-state index is -0.919. The SMILES string of the molecule is CC.CNC(=S)N1CCC(C)=C(c2ccc(NC(=O)c3c(F)cccc3F)nc2)C1. The number of nitrogens with zero attached hydrogens (tertiary/aromatic N) is 2. The van der Waals surface area contributed by atoms with Crippen molar-refractivity contribution < 1.29 is 13.6 Å². The van der Waals surface area contributed by atoms with Crippen LogP contribution in [0, 0.1) is 11.6 Å². The quantitative estimate of drug-likeness (QED) is 0.693. The largest absolute Gasteiger partial charge is 0.366 e. The molecule has 1 aliphatic heterocycles. The number of rotatable bonds is 3. The zero-order chi connectivity index (χ0) is 22.3. The third kappa shape index (κ3) is 5.38. The highest BCUT2D eigenvalue weighted by atomic mass is 32.1. The van der Waals surface area contributed by atoms with Crippen molar-refractivity contribution in [3.8, 4) is 0 Å². The Morgan fingerprint density at radius 1 is 1.17 bits per heavy atom. The molecule has 30 heavy (non-hydrogen) atoms. The van der Waals surface area contributed by atoms with Gasteiger partial charge in [0.15, 0.2) is 5.11 Å². The molecule has 0 bridgehead atoms. The van der Waals surface area contributed by atoms with Crippen molar-refractivity contribution in [3.05, 3.63) is 64.9 Å². The van der Waals surface area contributed by atoms with E-state index in [2.05, 4.69) is 27.4 Å². The molecule has 1 amide bonds. The zero-order valence-electron chi connectivity index (χ0n) is 17.6. The summed E-state index contributed by atoms with van der Waals surface area (Å²) in [7, 11) is 1.80. The van der Waals surface area contributed by atoms with Crippen LogP contribution in [0.15, 0.2) is 42.1 Å². The molecule has 160 valence electrons. The molecule has 2 N–H and O–H groups in total. The summed E-state index contributed by atoms with van der Waals surface area (Å²) < 4.78 is 27.5. The lowest BCUT2D eigenvalue weighted by atomic mass is 9.96. The van der Waals surface area contributed by atoms with Gasteiger partial charge in [0.25, 0.3) is 5.91 Å². The minimum Gasteiger partial charge on any atom is -0.366 e. The summed E-state index contributed by atoms with van der Waals surface area (Å²) in [6, 6.07) is 6.72. The first-order chi connectivity index (χ1) is 14.4. The van der Waals surface area contributed by atoms with E-state index < -0.39 is 23.1 Å². The second-order valence-corrected chi connectivity index (χ2v) is 6.86. The third-order valence-electron chi connectivity index (χ3n) is 4.67. The van der Waals surface area contributed by atoms with Gasteiger partial charge < -0.3 is 15.5 Å². The fraction of sp³-hybridized carbons (Fsp3) is 0.318. The van der Waals surface area contributed by atoms with Crippen molar-refractivity contribution in [2.24, 2.45) is 0 Å². The summed E-state index contributed by atoms with van der Waals surface area (Å²) in [5.74, 6) is -2.50. The normalized spacial score (nSPS) is 13.3. The Balaban J connectivity index is 0.00000155. The zero-order valence-corrected chi connectivity index (χ0v) is 18.4. The van der Waals surface area contributed by atoms with Gasteiger partial charge in [-0.25, -0.2) is 13.8 Å². The van der Waals surface area contributed by atoms with Crippen molar-refractivity contribution in [3.63, 3.8) is 0 Å². The van der Waals surface area contributed by atoms with E-state index in [1.54, 1.807) is 19.3 Å². The lowest BCUT2D eigenvalue weighted by Gasteiger charge is -2.31. The maximum Gasteiger partial charge on any atom is 0.262 e. The molecule has 0 fully saturated rings. The Kier molecular flexibility index (Phi) is 8.41. The average Bonchev–Trinajstić information content (AvgIpc) is 2.75. The van der Waals surface area contributed by atoms with Crippen molar-refractivity contribution in [2.75, 3.05) is 25.5 Å². The number of carbonyl (C=O) groups is 1. The Morgan fingerprint density at radius 3 is 2.40 bits per heavy atom. The fourth-order valence-electron chi connectivity index (χ4n) is 3.07. The third-order valence-corrected chi connectivity index (χ3v) is 5.13. The summed E-state index contributed by atoms with van der Waals surface area (Å²) in [6.07, 6.45) is 2.53. The first-order valence-electron chi connectivity index (χ1n) is 9.77. The number of thiocarbonyl (C=S) groups is 1. The highest BCUT2D eigenvalue weighted by Gasteiger charge is 2.20. The second kappa shape index (κ2) is 10.8. The van der Waals surface area contributed by atoms with Crippen molar-refractivity contribution >= 4 is 34.6 Å². The summed E-state index contributed by atoms with van der Waals surface area (Å²) in [5, 5.41) is 6.11. The molecular weight excluding hydrogens is 406 g/mol. The number of halogens is 2. The summed E-state index contributed by atoms with van der Waals surface area (Å²) >= 11 is 5.32. The maximum atomic E-state index is 13.7. The molecule has 0 saturated carbocycles. The summed E-state index contributed by atoms with van der Waals surface area (Å²) in [6.45, 7) is 7.59. The molecule has 1 aliphatic rings. The van der Waals surface area contributed by atoms with Crippen LogP contribution in [0.2, 0.25) is 0 Å². The van der Waals surface area contributed by atoms with Gasteiger partial charge in [-0.15, -0.1) is 0 Å². The maximum absolute atomic E-state index is 13.7. The molecule has 2 aromatic rings. The van der Waals surface area contributed by atoms with Gasteiger partial charge in [0.05, 0.1) is 0 Å². The van der Waals surface area contributed by atoms with Crippen LogP contribution in [0.5, 0.6) is 0 Å².